The van der Waals surface area contributed by atoms with E-state index in [2.05, 4.69) is 37.3 Å². The number of fused-ring (bicyclic) bond motifs is 1. The van der Waals surface area contributed by atoms with Crippen LogP contribution < -0.4 is 0 Å². The Morgan fingerprint density at radius 3 is 2.00 bits per heavy atom. The van der Waals surface area contributed by atoms with Gasteiger partial charge in [-0.1, -0.05) is 120 Å². The molecule has 2 aromatic rings. The molecule has 0 unspecified atom stereocenters. The van der Waals surface area contributed by atoms with Gasteiger partial charge >= 0.3 is 5.97 Å². The summed E-state index contributed by atoms with van der Waals surface area (Å²) in [6.45, 7) is 2.27. The Morgan fingerprint density at radius 1 is 0.786 bits per heavy atom. The van der Waals surface area contributed by atoms with Gasteiger partial charge in [-0.25, -0.2) is 0 Å². The third-order valence-electron chi connectivity index (χ3n) is 5.84. The predicted molar refractivity (Wildman–Crippen MR) is 120 cm³/mol. The number of rotatable bonds is 15. The molecule has 1 N–H and O–H groups in total. The van der Waals surface area contributed by atoms with Crippen molar-refractivity contribution >= 4 is 16.7 Å². The van der Waals surface area contributed by atoms with Crippen molar-refractivity contribution in [1.82, 2.24) is 0 Å². The maximum absolute atomic E-state index is 11.4. The zero-order valence-corrected chi connectivity index (χ0v) is 17.7. The van der Waals surface area contributed by atoms with Crippen molar-refractivity contribution in [2.24, 2.45) is 0 Å². The maximum atomic E-state index is 11.4. The molecule has 0 aliphatic rings. The molecule has 0 saturated heterocycles. The predicted octanol–water partition coefficient (Wildman–Crippen LogP) is 8.10. The average molecular weight is 383 g/mol. The van der Waals surface area contributed by atoms with Crippen molar-refractivity contribution in [3.8, 4) is 0 Å². The summed E-state index contributed by atoms with van der Waals surface area (Å²) in [6, 6.07) is 14.6. The number of aliphatic carboxylic acids is 1. The normalized spacial score (nSPS) is 12.3. The van der Waals surface area contributed by atoms with Gasteiger partial charge in [0.1, 0.15) is 0 Å². The first-order valence-corrected chi connectivity index (χ1v) is 11.4. The molecular formula is C26H38O2. The molecule has 2 rings (SSSR count). The number of benzene rings is 2. The van der Waals surface area contributed by atoms with E-state index in [9.17, 15) is 9.90 Å². The molecule has 28 heavy (non-hydrogen) atoms. The quantitative estimate of drug-likeness (QED) is 0.316. The van der Waals surface area contributed by atoms with E-state index < -0.39 is 5.97 Å². The van der Waals surface area contributed by atoms with E-state index in [0.717, 1.165) is 12.8 Å². The molecule has 0 aliphatic heterocycles. The molecule has 2 heteroatoms. The van der Waals surface area contributed by atoms with E-state index in [0.29, 0.717) is 0 Å². The Kier molecular flexibility index (Phi) is 10.7. The van der Waals surface area contributed by atoms with Crippen molar-refractivity contribution in [3.63, 3.8) is 0 Å². The van der Waals surface area contributed by atoms with Crippen LogP contribution >= 0.6 is 0 Å². The van der Waals surface area contributed by atoms with Gasteiger partial charge in [0.2, 0.25) is 0 Å². The molecule has 0 radical (unpaired) electrons. The number of hydrogen-bond donors (Lipinski definition) is 1. The molecule has 154 valence electrons. The summed E-state index contributed by atoms with van der Waals surface area (Å²) in [7, 11) is 0. The Hall–Kier alpha value is -1.83. The van der Waals surface area contributed by atoms with Gasteiger partial charge in [0.05, 0.1) is 6.42 Å². The number of unbranched alkanes of at least 4 members (excludes halogenated alkanes) is 10. The van der Waals surface area contributed by atoms with Gasteiger partial charge < -0.3 is 5.11 Å². The molecule has 0 aliphatic carbocycles. The zero-order valence-electron chi connectivity index (χ0n) is 17.7. The largest absolute Gasteiger partial charge is 0.481 e. The fraction of sp³-hybridized carbons (Fsp3) is 0.577. The Bertz CT molecular complexity index is 686. The third kappa shape index (κ3) is 8.04. The Morgan fingerprint density at radius 2 is 1.36 bits per heavy atom. The monoisotopic (exact) mass is 382 g/mol. The molecule has 2 aromatic carbocycles. The average Bonchev–Trinajstić information content (AvgIpc) is 2.70. The first-order chi connectivity index (χ1) is 13.7. The summed E-state index contributed by atoms with van der Waals surface area (Å²) >= 11 is 0. The lowest BCUT2D eigenvalue weighted by molar-refractivity contribution is -0.137. The van der Waals surface area contributed by atoms with Crippen LogP contribution in [0.3, 0.4) is 0 Å². The van der Waals surface area contributed by atoms with E-state index in [1.165, 1.54) is 80.5 Å². The molecule has 0 aromatic heterocycles. The van der Waals surface area contributed by atoms with Crippen molar-refractivity contribution in [2.75, 3.05) is 0 Å². The van der Waals surface area contributed by atoms with Crippen molar-refractivity contribution in [2.45, 2.75) is 96.3 Å². The lowest BCUT2D eigenvalue weighted by atomic mass is 9.87. The van der Waals surface area contributed by atoms with Gasteiger partial charge in [0, 0.05) is 0 Å². The lowest BCUT2D eigenvalue weighted by Crippen LogP contribution is -2.07. The molecule has 0 fully saturated rings. The number of hydrogen-bond acceptors (Lipinski definition) is 1. The van der Waals surface area contributed by atoms with Gasteiger partial charge in [0.25, 0.3) is 0 Å². The third-order valence-corrected chi connectivity index (χ3v) is 5.84. The Labute approximate surface area is 171 Å². The molecule has 0 spiro atoms. The summed E-state index contributed by atoms with van der Waals surface area (Å²) in [6.07, 6.45) is 15.8. The van der Waals surface area contributed by atoms with Crippen LogP contribution in [0, 0.1) is 0 Å². The summed E-state index contributed by atoms with van der Waals surface area (Å²) in [4.78, 5) is 11.4. The van der Waals surface area contributed by atoms with Gasteiger partial charge in [-0.15, -0.1) is 0 Å². The summed E-state index contributed by atoms with van der Waals surface area (Å²) in [5, 5.41) is 11.8. The minimum absolute atomic E-state index is 0.113. The van der Waals surface area contributed by atoms with Crippen LogP contribution in [-0.4, -0.2) is 11.1 Å². The molecule has 2 nitrogen and oxygen atoms in total. The fourth-order valence-corrected chi connectivity index (χ4v) is 4.24. The maximum Gasteiger partial charge on any atom is 0.303 e. The lowest BCUT2D eigenvalue weighted by Gasteiger charge is -2.18. The van der Waals surface area contributed by atoms with Gasteiger partial charge in [-0.2, -0.15) is 0 Å². The standard InChI is InChI=1S/C26H38O2/c1-2-3-4-5-6-7-8-9-10-11-12-17-23(21-26(27)28)25-20-15-18-22-16-13-14-19-24(22)25/h13-16,18-20,23H,2-12,17,21H2,1H3,(H,27,28)/t23-/m1/s1. The van der Waals surface area contributed by atoms with Gasteiger partial charge in [-0.05, 0) is 28.7 Å². The number of carbonyl (C=O) groups is 1. The van der Waals surface area contributed by atoms with Crippen LogP contribution in [0.4, 0.5) is 0 Å². The highest BCUT2D eigenvalue weighted by atomic mass is 16.4. The minimum Gasteiger partial charge on any atom is -0.481 e. The fourth-order valence-electron chi connectivity index (χ4n) is 4.24. The molecule has 1 atom stereocenters. The van der Waals surface area contributed by atoms with E-state index in [4.69, 9.17) is 0 Å². The summed E-state index contributed by atoms with van der Waals surface area (Å²) in [5.41, 5.74) is 1.20. The van der Waals surface area contributed by atoms with E-state index in [-0.39, 0.29) is 12.3 Å². The van der Waals surface area contributed by atoms with Crippen molar-refractivity contribution in [1.29, 1.82) is 0 Å². The van der Waals surface area contributed by atoms with Crippen LogP contribution in [0.1, 0.15) is 102 Å². The van der Waals surface area contributed by atoms with Crippen LogP contribution in [-0.2, 0) is 4.79 Å². The zero-order chi connectivity index (χ0) is 20.0. The van der Waals surface area contributed by atoms with Crippen LogP contribution in [0.15, 0.2) is 42.5 Å². The topological polar surface area (TPSA) is 37.3 Å². The second-order valence-corrected chi connectivity index (χ2v) is 8.19. The highest BCUT2D eigenvalue weighted by Gasteiger charge is 2.17. The first kappa shape index (κ1) is 22.5. The first-order valence-electron chi connectivity index (χ1n) is 11.4. The van der Waals surface area contributed by atoms with Crippen molar-refractivity contribution < 1.29 is 9.90 Å². The second kappa shape index (κ2) is 13.4. The summed E-state index contributed by atoms with van der Waals surface area (Å²) < 4.78 is 0. The Balaban J connectivity index is 1.74. The molecule has 0 saturated carbocycles. The number of carboxylic acids is 1. The van der Waals surface area contributed by atoms with Gasteiger partial charge in [0.15, 0.2) is 0 Å². The highest BCUT2D eigenvalue weighted by Crippen LogP contribution is 2.32. The van der Waals surface area contributed by atoms with Crippen LogP contribution in [0.2, 0.25) is 0 Å². The second-order valence-electron chi connectivity index (χ2n) is 8.19. The smallest absolute Gasteiger partial charge is 0.303 e. The SMILES string of the molecule is CCCCCCCCCCCCC[C@H](CC(=O)O)c1cccc2ccccc12. The molecular weight excluding hydrogens is 344 g/mol. The van der Waals surface area contributed by atoms with E-state index in [1.54, 1.807) is 0 Å². The van der Waals surface area contributed by atoms with Crippen LogP contribution in [0.5, 0.6) is 0 Å². The van der Waals surface area contributed by atoms with Crippen molar-refractivity contribution in [3.05, 3.63) is 48.0 Å². The molecule has 0 bridgehead atoms. The molecule has 0 amide bonds. The van der Waals surface area contributed by atoms with Crippen LogP contribution in [0.25, 0.3) is 10.8 Å². The van der Waals surface area contributed by atoms with E-state index in [1.807, 2.05) is 12.1 Å². The number of carboxylic acid groups (broad SMARTS) is 1. The summed E-state index contributed by atoms with van der Waals surface area (Å²) in [5.74, 6) is -0.580. The van der Waals surface area contributed by atoms with E-state index >= 15 is 0 Å². The minimum atomic E-state index is -0.694. The highest BCUT2D eigenvalue weighted by molar-refractivity contribution is 5.86. The van der Waals surface area contributed by atoms with Gasteiger partial charge in [-0.3, -0.25) is 4.79 Å². The molecule has 0 heterocycles.